The fourth-order valence-corrected chi connectivity index (χ4v) is 1.29. The molecule has 1 atom stereocenters. The second kappa shape index (κ2) is 6.29. The summed E-state index contributed by atoms with van der Waals surface area (Å²) in [7, 11) is 2.76. The highest BCUT2D eigenvalue weighted by Gasteiger charge is 1.90. The molecule has 9 heavy (non-hydrogen) atoms. The lowest BCUT2D eigenvalue weighted by Crippen LogP contribution is -1.82. The van der Waals surface area contributed by atoms with Crippen molar-refractivity contribution in [1.29, 1.82) is 0 Å². The van der Waals surface area contributed by atoms with Gasteiger partial charge >= 0.3 is 0 Å². The normalized spacial score (nSPS) is 12.1. The maximum absolute atomic E-state index is 2.76. The minimum atomic E-state index is 1.21. The van der Waals surface area contributed by atoms with Gasteiger partial charge in [-0.15, -0.1) is 9.24 Å². The predicted octanol–water partition coefficient (Wildman–Crippen LogP) is 3.00. The van der Waals surface area contributed by atoms with Crippen LogP contribution in [0.2, 0.25) is 0 Å². The van der Waals surface area contributed by atoms with Crippen LogP contribution in [0.15, 0.2) is 11.6 Å². The molecule has 0 aromatic heterocycles. The Balaban J connectivity index is 3.43. The van der Waals surface area contributed by atoms with Gasteiger partial charge < -0.3 is 0 Å². The standard InChI is InChI=1S/C8H17P/c1-3-5-8(4-2)6-7-9/h4H,3,5-7,9H2,1-2H3. The summed E-state index contributed by atoms with van der Waals surface area (Å²) in [5, 5.41) is 0. The minimum absolute atomic E-state index is 1.21. The maximum Gasteiger partial charge on any atom is -0.0286 e. The van der Waals surface area contributed by atoms with Gasteiger partial charge in [-0.1, -0.05) is 25.0 Å². The van der Waals surface area contributed by atoms with Gasteiger partial charge in [0.2, 0.25) is 0 Å². The van der Waals surface area contributed by atoms with Gasteiger partial charge in [-0.3, -0.25) is 0 Å². The molecule has 0 aromatic carbocycles. The van der Waals surface area contributed by atoms with Crippen LogP contribution in [-0.4, -0.2) is 6.16 Å². The lowest BCUT2D eigenvalue weighted by Gasteiger charge is -2.00. The van der Waals surface area contributed by atoms with Crippen LogP contribution in [0.5, 0.6) is 0 Å². The highest BCUT2D eigenvalue weighted by molar-refractivity contribution is 7.16. The van der Waals surface area contributed by atoms with E-state index in [9.17, 15) is 0 Å². The van der Waals surface area contributed by atoms with Crippen molar-refractivity contribution in [3.63, 3.8) is 0 Å². The molecular weight excluding hydrogens is 127 g/mol. The topological polar surface area (TPSA) is 0 Å². The van der Waals surface area contributed by atoms with Crippen LogP contribution in [0.1, 0.15) is 33.1 Å². The minimum Gasteiger partial charge on any atom is -0.137 e. The molecule has 0 aliphatic heterocycles. The summed E-state index contributed by atoms with van der Waals surface area (Å²) in [6.07, 6.45) is 7.28. The summed E-state index contributed by atoms with van der Waals surface area (Å²) in [5.74, 6) is 0. The third kappa shape index (κ3) is 4.66. The van der Waals surface area contributed by atoms with Gasteiger partial charge in [0, 0.05) is 0 Å². The van der Waals surface area contributed by atoms with Crippen molar-refractivity contribution in [1.82, 2.24) is 0 Å². The van der Waals surface area contributed by atoms with Gasteiger partial charge in [-0.25, -0.2) is 0 Å². The van der Waals surface area contributed by atoms with Crippen molar-refractivity contribution in [2.45, 2.75) is 33.1 Å². The quantitative estimate of drug-likeness (QED) is 0.420. The molecule has 1 heteroatoms. The van der Waals surface area contributed by atoms with Crippen LogP contribution in [-0.2, 0) is 0 Å². The molecule has 0 nitrogen and oxygen atoms in total. The second-order valence-electron chi connectivity index (χ2n) is 2.24. The van der Waals surface area contributed by atoms with E-state index >= 15 is 0 Å². The zero-order chi connectivity index (χ0) is 7.11. The fourth-order valence-electron chi connectivity index (χ4n) is 0.920. The Morgan fingerprint density at radius 2 is 2.11 bits per heavy atom. The lowest BCUT2D eigenvalue weighted by atomic mass is 10.1. The Bertz CT molecular complexity index is 76.6. The van der Waals surface area contributed by atoms with Crippen molar-refractivity contribution in [2.24, 2.45) is 0 Å². The van der Waals surface area contributed by atoms with Crippen molar-refractivity contribution >= 4 is 9.24 Å². The first-order valence-electron chi connectivity index (χ1n) is 3.69. The fraction of sp³-hybridized carbons (Fsp3) is 0.750. The molecule has 0 saturated heterocycles. The Morgan fingerprint density at radius 3 is 2.44 bits per heavy atom. The molecule has 0 fully saturated rings. The Labute approximate surface area is 60.9 Å². The molecule has 0 rings (SSSR count). The Hall–Kier alpha value is 0.170. The van der Waals surface area contributed by atoms with Crippen LogP contribution < -0.4 is 0 Å². The summed E-state index contributed by atoms with van der Waals surface area (Å²) in [5.41, 5.74) is 1.60. The average Bonchev–Trinajstić information content (AvgIpc) is 1.88. The molecular formula is C8H17P. The van der Waals surface area contributed by atoms with E-state index in [1.165, 1.54) is 25.4 Å². The van der Waals surface area contributed by atoms with Crippen LogP contribution in [0.3, 0.4) is 0 Å². The molecule has 0 heterocycles. The highest BCUT2D eigenvalue weighted by atomic mass is 31.0. The zero-order valence-electron chi connectivity index (χ0n) is 6.48. The summed E-state index contributed by atoms with van der Waals surface area (Å²) in [6.45, 7) is 4.36. The molecule has 0 aliphatic rings. The first-order chi connectivity index (χ1) is 4.35. The SMILES string of the molecule is CC=C(CCC)CCP. The van der Waals surface area contributed by atoms with Crippen LogP contribution in [0, 0.1) is 0 Å². The van der Waals surface area contributed by atoms with E-state index in [0.717, 1.165) is 0 Å². The van der Waals surface area contributed by atoms with Crippen molar-refractivity contribution in [3.05, 3.63) is 11.6 Å². The second-order valence-corrected chi connectivity index (χ2v) is 2.81. The molecule has 0 saturated carbocycles. The molecule has 0 aliphatic carbocycles. The first-order valence-corrected chi connectivity index (χ1v) is 4.50. The van der Waals surface area contributed by atoms with E-state index in [1.54, 1.807) is 5.57 Å². The van der Waals surface area contributed by atoms with Gasteiger partial charge in [-0.2, -0.15) is 0 Å². The molecule has 0 radical (unpaired) electrons. The van der Waals surface area contributed by atoms with Gasteiger partial charge in [-0.05, 0) is 25.9 Å². The number of allylic oxidation sites excluding steroid dienone is 2. The van der Waals surface area contributed by atoms with Gasteiger partial charge in [0.25, 0.3) is 0 Å². The van der Waals surface area contributed by atoms with E-state index in [4.69, 9.17) is 0 Å². The summed E-state index contributed by atoms with van der Waals surface area (Å²) in [6, 6.07) is 0. The zero-order valence-corrected chi connectivity index (χ0v) is 7.64. The van der Waals surface area contributed by atoms with E-state index in [1.807, 2.05) is 0 Å². The predicted molar refractivity (Wildman–Crippen MR) is 47.9 cm³/mol. The van der Waals surface area contributed by atoms with E-state index in [2.05, 4.69) is 29.2 Å². The number of rotatable bonds is 4. The summed E-state index contributed by atoms with van der Waals surface area (Å²) in [4.78, 5) is 0. The molecule has 0 bridgehead atoms. The molecule has 0 N–H and O–H groups in total. The third-order valence-electron chi connectivity index (χ3n) is 1.44. The van der Waals surface area contributed by atoms with Crippen LogP contribution >= 0.6 is 9.24 Å². The van der Waals surface area contributed by atoms with Gasteiger partial charge in [0.05, 0.1) is 0 Å². The van der Waals surface area contributed by atoms with E-state index in [-0.39, 0.29) is 0 Å². The monoisotopic (exact) mass is 144 g/mol. The Morgan fingerprint density at radius 1 is 1.44 bits per heavy atom. The van der Waals surface area contributed by atoms with Crippen molar-refractivity contribution < 1.29 is 0 Å². The molecule has 0 amide bonds. The van der Waals surface area contributed by atoms with Crippen molar-refractivity contribution in [3.8, 4) is 0 Å². The van der Waals surface area contributed by atoms with Gasteiger partial charge in [0.15, 0.2) is 0 Å². The van der Waals surface area contributed by atoms with E-state index in [0.29, 0.717) is 0 Å². The third-order valence-corrected chi connectivity index (χ3v) is 1.73. The molecule has 0 aromatic rings. The number of hydrogen-bond donors (Lipinski definition) is 0. The van der Waals surface area contributed by atoms with Crippen LogP contribution in [0.4, 0.5) is 0 Å². The smallest absolute Gasteiger partial charge is 0.0286 e. The number of hydrogen-bond acceptors (Lipinski definition) is 0. The average molecular weight is 144 g/mol. The molecule has 54 valence electrons. The summed E-state index contributed by atoms with van der Waals surface area (Å²) >= 11 is 0. The first kappa shape index (κ1) is 9.17. The van der Waals surface area contributed by atoms with Crippen molar-refractivity contribution in [2.75, 3.05) is 6.16 Å². The summed E-state index contributed by atoms with van der Waals surface area (Å²) < 4.78 is 0. The largest absolute Gasteiger partial charge is 0.137 e. The Kier molecular flexibility index (Phi) is 6.41. The van der Waals surface area contributed by atoms with Gasteiger partial charge in [0.1, 0.15) is 0 Å². The molecule has 1 unspecified atom stereocenters. The van der Waals surface area contributed by atoms with Crippen LogP contribution in [0.25, 0.3) is 0 Å². The highest BCUT2D eigenvalue weighted by Crippen LogP contribution is 2.10. The molecule has 0 spiro atoms. The van der Waals surface area contributed by atoms with E-state index < -0.39 is 0 Å². The maximum atomic E-state index is 2.76. The lowest BCUT2D eigenvalue weighted by molar-refractivity contribution is 0.860.